The first kappa shape index (κ1) is 14.9. The molecule has 0 heterocycles. The van der Waals surface area contributed by atoms with Crippen LogP contribution in [0.4, 0.5) is 9.59 Å². The number of carbonyl (C=O) groups excluding carboxylic acids is 4. The number of amides is 6. The van der Waals surface area contributed by atoms with E-state index < -0.39 is 30.3 Å². The highest BCUT2D eigenvalue weighted by Crippen LogP contribution is 1.95. The van der Waals surface area contributed by atoms with Crippen LogP contribution < -0.4 is 16.4 Å². The molecule has 0 aromatic heterocycles. The topological polar surface area (TPSA) is 122 Å². The molecule has 6 amide bonds. The van der Waals surface area contributed by atoms with Crippen molar-refractivity contribution in [2.45, 2.75) is 20.3 Å². The van der Waals surface area contributed by atoms with Crippen LogP contribution in [0.1, 0.15) is 20.3 Å². The zero-order chi connectivity index (χ0) is 13.4. The second kappa shape index (κ2) is 7.20. The van der Waals surface area contributed by atoms with E-state index in [4.69, 9.17) is 5.73 Å². The summed E-state index contributed by atoms with van der Waals surface area (Å²) in [5, 5.41) is 4.18. The lowest BCUT2D eigenvalue weighted by Gasteiger charge is -2.18. The number of hydrogen-bond donors (Lipinski definition) is 3. The van der Waals surface area contributed by atoms with Crippen molar-refractivity contribution in [3.63, 3.8) is 0 Å². The molecule has 96 valence electrons. The molecule has 0 aliphatic heterocycles. The van der Waals surface area contributed by atoms with Gasteiger partial charge in [0.2, 0.25) is 11.8 Å². The Balaban J connectivity index is 4.40. The zero-order valence-electron chi connectivity index (χ0n) is 9.78. The van der Waals surface area contributed by atoms with E-state index in [-0.39, 0.29) is 6.54 Å². The van der Waals surface area contributed by atoms with Crippen LogP contribution in [0.25, 0.3) is 0 Å². The summed E-state index contributed by atoms with van der Waals surface area (Å²) in [6.45, 7) is 3.81. The Hall–Kier alpha value is -2.12. The SMILES string of the molecule is CCNC(=O)N(CC)C(=O)CC(=O)NC(N)=O. The Bertz CT molecular complexity index is 329. The average Bonchev–Trinajstić information content (AvgIpc) is 2.17. The van der Waals surface area contributed by atoms with Crippen molar-refractivity contribution in [1.29, 1.82) is 0 Å². The summed E-state index contributed by atoms with van der Waals surface area (Å²) in [6, 6.07) is -1.62. The van der Waals surface area contributed by atoms with Crippen LogP contribution in [-0.2, 0) is 9.59 Å². The van der Waals surface area contributed by atoms with Gasteiger partial charge in [0.05, 0.1) is 0 Å². The monoisotopic (exact) mass is 244 g/mol. The number of imide groups is 2. The molecule has 4 N–H and O–H groups in total. The summed E-state index contributed by atoms with van der Waals surface area (Å²) in [5.74, 6) is -1.54. The van der Waals surface area contributed by atoms with Gasteiger partial charge in [-0.15, -0.1) is 0 Å². The van der Waals surface area contributed by atoms with Gasteiger partial charge in [-0.05, 0) is 13.8 Å². The number of hydrogen-bond acceptors (Lipinski definition) is 4. The molecular formula is C9H16N4O4. The summed E-state index contributed by atoms with van der Waals surface area (Å²) in [5.41, 5.74) is 4.71. The van der Waals surface area contributed by atoms with E-state index in [1.807, 2.05) is 0 Å². The van der Waals surface area contributed by atoms with Crippen molar-refractivity contribution < 1.29 is 19.2 Å². The number of carbonyl (C=O) groups is 4. The summed E-state index contributed by atoms with van der Waals surface area (Å²) in [4.78, 5) is 45.2. The van der Waals surface area contributed by atoms with E-state index in [1.165, 1.54) is 0 Å². The van der Waals surface area contributed by atoms with Gasteiger partial charge in [-0.25, -0.2) is 9.59 Å². The molecule has 8 heteroatoms. The molecule has 0 aliphatic rings. The minimum Gasteiger partial charge on any atom is -0.351 e. The van der Waals surface area contributed by atoms with E-state index in [0.717, 1.165) is 4.90 Å². The van der Waals surface area contributed by atoms with Crippen molar-refractivity contribution in [2.24, 2.45) is 5.73 Å². The zero-order valence-corrected chi connectivity index (χ0v) is 9.78. The van der Waals surface area contributed by atoms with Crippen LogP contribution in [0.2, 0.25) is 0 Å². The van der Waals surface area contributed by atoms with Gasteiger partial charge in [0.15, 0.2) is 0 Å². The number of primary amides is 1. The molecule has 17 heavy (non-hydrogen) atoms. The predicted molar refractivity (Wildman–Crippen MR) is 58.8 cm³/mol. The molecule has 0 bridgehead atoms. The standard InChI is InChI=1S/C9H16N4O4/c1-3-11-9(17)13(4-2)7(15)5-6(14)12-8(10)16/h3-5H2,1-2H3,(H,11,17)(H3,10,12,14,16). The molecule has 0 radical (unpaired) electrons. The first-order chi connectivity index (χ1) is 7.92. The van der Waals surface area contributed by atoms with Crippen LogP contribution in [0.5, 0.6) is 0 Å². The van der Waals surface area contributed by atoms with Gasteiger partial charge in [-0.2, -0.15) is 0 Å². The third-order valence-electron chi connectivity index (χ3n) is 1.76. The second-order valence-corrected chi connectivity index (χ2v) is 3.06. The molecule has 0 atom stereocenters. The Morgan fingerprint density at radius 3 is 2.18 bits per heavy atom. The van der Waals surface area contributed by atoms with Crippen molar-refractivity contribution in [1.82, 2.24) is 15.5 Å². The minimum atomic E-state index is -1.04. The average molecular weight is 244 g/mol. The van der Waals surface area contributed by atoms with Gasteiger partial charge >= 0.3 is 12.1 Å². The molecule has 0 unspecified atom stereocenters. The maximum Gasteiger partial charge on any atom is 0.324 e. The van der Waals surface area contributed by atoms with E-state index in [9.17, 15) is 19.2 Å². The summed E-state index contributed by atoms with van der Waals surface area (Å²) in [7, 11) is 0. The van der Waals surface area contributed by atoms with Crippen molar-refractivity contribution in [2.75, 3.05) is 13.1 Å². The molecule has 0 aromatic rings. The molecule has 0 rings (SSSR count). The van der Waals surface area contributed by atoms with Gasteiger partial charge in [0.1, 0.15) is 6.42 Å². The highest BCUT2D eigenvalue weighted by Gasteiger charge is 2.21. The maximum atomic E-state index is 11.5. The largest absolute Gasteiger partial charge is 0.351 e. The Kier molecular flexibility index (Phi) is 6.30. The Morgan fingerprint density at radius 2 is 1.76 bits per heavy atom. The fraction of sp³-hybridized carbons (Fsp3) is 0.556. The first-order valence-corrected chi connectivity index (χ1v) is 5.09. The van der Waals surface area contributed by atoms with E-state index in [0.29, 0.717) is 6.54 Å². The van der Waals surface area contributed by atoms with Crippen molar-refractivity contribution in [3.05, 3.63) is 0 Å². The number of nitrogens with two attached hydrogens (primary N) is 1. The molecule has 0 fully saturated rings. The van der Waals surface area contributed by atoms with E-state index in [2.05, 4.69) is 5.32 Å². The maximum absolute atomic E-state index is 11.5. The quantitative estimate of drug-likeness (QED) is 0.557. The molecular weight excluding hydrogens is 228 g/mol. The van der Waals surface area contributed by atoms with Crippen LogP contribution in [0.15, 0.2) is 0 Å². The molecule has 0 spiro atoms. The second-order valence-electron chi connectivity index (χ2n) is 3.06. The van der Waals surface area contributed by atoms with Crippen LogP contribution in [-0.4, -0.2) is 41.9 Å². The first-order valence-electron chi connectivity index (χ1n) is 5.09. The smallest absolute Gasteiger partial charge is 0.324 e. The van der Waals surface area contributed by atoms with Crippen LogP contribution in [0.3, 0.4) is 0 Å². The third kappa shape index (κ3) is 5.50. The fourth-order valence-electron chi connectivity index (χ4n) is 1.09. The van der Waals surface area contributed by atoms with Gasteiger partial charge < -0.3 is 11.1 Å². The molecule has 0 saturated carbocycles. The van der Waals surface area contributed by atoms with Crippen LogP contribution in [0, 0.1) is 0 Å². The Morgan fingerprint density at radius 1 is 1.18 bits per heavy atom. The summed E-state index contributed by atoms with van der Waals surface area (Å²) < 4.78 is 0. The molecule has 0 aromatic carbocycles. The number of urea groups is 2. The number of nitrogens with zero attached hydrogens (tertiary/aromatic N) is 1. The molecule has 8 nitrogen and oxygen atoms in total. The number of rotatable bonds is 4. The number of nitrogens with one attached hydrogen (secondary N) is 2. The normalized spacial score (nSPS) is 9.29. The van der Waals surface area contributed by atoms with Gasteiger partial charge in [-0.1, -0.05) is 0 Å². The van der Waals surface area contributed by atoms with E-state index in [1.54, 1.807) is 19.2 Å². The lowest BCUT2D eigenvalue weighted by Crippen LogP contribution is -2.46. The fourth-order valence-corrected chi connectivity index (χ4v) is 1.09. The summed E-state index contributed by atoms with van der Waals surface area (Å²) in [6.07, 6.45) is -0.603. The molecule has 0 saturated heterocycles. The third-order valence-corrected chi connectivity index (χ3v) is 1.76. The molecule has 0 aliphatic carbocycles. The van der Waals surface area contributed by atoms with Gasteiger partial charge in [0.25, 0.3) is 0 Å². The van der Waals surface area contributed by atoms with Crippen molar-refractivity contribution in [3.8, 4) is 0 Å². The van der Waals surface area contributed by atoms with Gasteiger partial charge in [0, 0.05) is 13.1 Å². The van der Waals surface area contributed by atoms with Crippen LogP contribution >= 0.6 is 0 Å². The van der Waals surface area contributed by atoms with Crippen molar-refractivity contribution >= 4 is 23.9 Å². The minimum absolute atomic E-state index is 0.133. The van der Waals surface area contributed by atoms with Gasteiger partial charge in [-0.3, -0.25) is 19.8 Å². The highest BCUT2D eigenvalue weighted by atomic mass is 16.2. The predicted octanol–water partition coefficient (Wildman–Crippen LogP) is -0.851. The lowest BCUT2D eigenvalue weighted by atomic mass is 10.3. The Labute approximate surface area is 98.5 Å². The highest BCUT2D eigenvalue weighted by molar-refractivity contribution is 6.07. The summed E-state index contributed by atoms with van der Waals surface area (Å²) >= 11 is 0. The van der Waals surface area contributed by atoms with E-state index >= 15 is 0 Å². The lowest BCUT2D eigenvalue weighted by molar-refractivity contribution is -0.133.